The van der Waals surface area contributed by atoms with Crippen LogP contribution in [0.5, 0.6) is 17.2 Å². The van der Waals surface area contributed by atoms with E-state index in [2.05, 4.69) is 71.1 Å². The van der Waals surface area contributed by atoms with Crippen LogP contribution in [0.3, 0.4) is 0 Å². The maximum Gasteiger partial charge on any atom is 0.312 e. The molecule has 0 aliphatic heterocycles. The van der Waals surface area contributed by atoms with Crippen molar-refractivity contribution in [1.29, 1.82) is 0 Å². The number of methoxy groups -OCH3 is 1. The van der Waals surface area contributed by atoms with Gasteiger partial charge in [-0.2, -0.15) is 0 Å². The van der Waals surface area contributed by atoms with E-state index in [9.17, 15) is 19.5 Å². The average molecular weight is 1320 g/mol. The van der Waals surface area contributed by atoms with E-state index in [1.54, 1.807) is 32.2 Å². The van der Waals surface area contributed by atoms with Gasteiger partial charge < -0.3 is 29.2 Å². The van der Waals surface area contributed by atoms with Gasteiger partial charge in [0, 0.05) is 5.56 Å². The lowest BCUT2D eigenvalue weighted by Gasteiger charge is -2.62. The molecular formula is C66H124I2O9. The number of aromatic hydroxyl groups is 2. The number of phenolic OH excluding ortho intramolecular Hbond substituents is 2. The smallest absolute Gasteiger partial charge is 0.312 e. The average Bonchev–Trinajstić information content (AvgIpc) is 3.79. The van der Waals surface area contributed by atoms with Crippen LogP contribution in [0.4, 0.5) is 0 Å². The van der Waals surface area contributed by atoms with Crippen molar-refractivity contribution in [2.24, 2.45) is 51.8 Å². The number of phenols is 2. The molecule has 9 nitrogen and oxygen atoms in total. The van der Waals surface area contributed by atoms with Crippen molar-refractivity contribution < 1.29 is 43.5 Å². The first-order chi connectivity index (χ1) is 32.0. The van der Waals surface area contributed by atoms with Crippen molar-refractivity contribution >= 4 is 63.1 Å². The van der Waals surface area contributed by atoms with E-state index in [-0.39, 0.29) is 105 Å². The van der Waals surface area contributed by atoms with Crippen molar-refractivity contribution in [3.05, 3.63) is 48.6 Å². The molecule has 0 aromatic heterocycles. The Kier molecular flexibility index (Phi) is 40.5. The lowest BCUT2D eigenvalue weighted by atomic mass is 9.47. The monoisotopic (exact) mass is 1310 g/mol. The number of rotatable bonds is 15. The molecule has 5 fully saturated rings. The molecule has 2 N–H and O–H groups in total. The predicted molar refractivity (Wildman–Crippen MR) is 350 cm³/mol. The summed E-state index contributed by atoms with van der Waals surface area (Å²) in [6, 6.07) is 9.21. The van der Waals surface area contributed by atoms with Gasteiger partial charge in [0.25, 0.3) is 0 Å². The van der Waals surface area contributed by atoms with Crippen LogP contribution in [-0.4, -0.2) is 46.4 Å². The Morgan fingerprint density at radius 3 is 1.39 bits per heavy atom. The topological polar surface area (TPSA) is 129 Å². The van der Waals surface area contributed by atoms with Crippen LogP contribution in [0.15, 0.2) is 30.3 Å². The lowest BCUT2D eigenvalue weighted by molar-refractivity contribution is -0.231. The van der Waals surface area contributed by atoms with Crippen LogP contribution >= 0.6 is 45.2 Å². The molecule has 2 aromatic carbocycles. The van der Waals surface area contributed by atoms with Gasteiger partial charge in [0.2, 0.25) is 0 Å². The standard InChI is InChI=1S/C19H32O2.C15H20I2O4.C14H26O2.C10H14O.8CH4/c1-6-18(4,5)17(20)21-19(12(2)3)15-8-13-7-14(10-15)11-16(19)9-13;1-6-15(3,4)14(19)21-8(2)9-7-10(16)13(20-5)11(17)12(9)18;1-6-13(4,5)12(15)16-14(11(2)3)9-7-8-10-14;1-3-8(2)9-4-6-10(11)7-5-9;;;;;;;;/h12-16H,6-11H2,1-5H3;7-8,18H,6H2,1-5H3;11H,6-10H2,1-5H3;4-8,11H,3H2,1-2H3;8*1H4. The third kappa shape index (κ3) is 21.2. The molecule has 0 amide bonds. The Bertz CT molecular complexity index is 1950. The molecule has 0 heterocycles. The zero-order chi connectivity index (χ0) is 52.4. The second kappa shape index (κ2) is 36.2. The summed E-state index contributed by atoms with van der Waals surface area (Å²) in [4.78, 5) is 37.1. The van der Waals surface area contributed by atoms with Gasteiger partial charge in [-0.3, -0.25) is 14.4 Å². The number of halogens is 2. The largest absolute Gasteiger partial charge is 0.508 e. The molecule has 11 heteroatoms. The zero-order valence-electron chi connectivity index (χ0n) is 45.7. The Hall–Kier alpha value is -2.29. The molecular weight excluding hydrogens is 1190 g/mol. The van der Waals surface area contributed by atoms with Crippen LogP contribution in [0.2, 0.25) is 0 Å². The van der Waals surface area contributed by atoms with Crippen molar-refractivity contribution in [2.45, 2.75) is 277 Å². The highest BCUT2D eigenvalue weighted by molar-refractivity contribution is 14.1. The highest BCUT2D eigenvalue weighted by Gasteiger charge is 2.61. The predicted octanol–water partition coefficient (Wildman–Crippen LogP) is 21.4. The van der Waals surface area contributed by atoms with Crippen molar-refractivity contribution in [3.8, 4) is 17.2 Å². The van der Waals surface area contributed by atoms with Gasteiger partial charge in [0.15, 0.2) is 0 Å². The summed E-state index contributed by atoms with van der Waals surface area (Å²) in [5.74, 6) is 5.33. The summed E-state index contributed by atoms with van der Waals surface area (Å²) in [5.41, 5.74) is 0.313. The number of esters is 3. The quantitative estimate of drug-likeness (QED) is 0.102. The van der Waals surface area contributed by atoms with Crippen molar-refractivity contribution in [2.75, 3.05) is 7.11 Å². The molecule has 5 saturated carbocycles. The van der Waals surface area contributed by atoms with Crippen LogP contribution < -0.4 is 4.74 Å². The Morgan fingerprint density at radius 1 is 0.623 bits per heavy atom. The molecule has 456 valence electrons. The van der Waals surface area contributed by atoms with E-state index in [0.717, 1.165) is 47.5 Å². The van der Waals surface area contributed by atoms with Crippen LogP contribution in [0.1, 0.15) is 277 Å². The van der Waals surface area contributed by atoms with Gasteiger partial charge in [0.05, 0.1) is 30.5 Å². The van der Waals surface area contributed by atoms with E-state index in [1.807, 2.05) is 90.1 Å². The van der Waals surface area contributed by atoms with Gasteiger partial charge in [-0.15, -0.1) is 0 Å². The van der Waals surface area contributed by atoms with Crippen molar-refractivity contribution in [3.63, 3.8) is 0 Å². The maximum atomic E-state index is 12.8. The maximum absolute atomic E-state index is 12.8. The van der Waals surface area contributed by atoms with Gasteiger partial charge in [0.1, 0.15) is 34.6 Å². The number of hydrogen-bond acceptors (Lipinski definition) is 9. The molecule has 5 aliphatic rings. The van der Waals surface area contributed by atoms with Crippen LogP contribution in [-0.2, 0) is 28.6 Å². The molecule has 2 atom stereocenters. The van der Waals surface area contributed by atoms with E-state index < -0.39 is 11.5 Å². The van der Waals surface area contributed by atoms with Gasteiger partial charge in [-0.1, -0.05) is 134 Å². The minimum atomic E-state index is -0.531. The summed E-state index contributed by atoms with van der Waals surface area (Å²) < 4.78 is 24.5. The summed E-state index contributed by atoms with van der Waals surface area (Å²) in [7, 11) is 1.56. The molecule has 2 unspecified atom stereocenters. The Balaban J connectivity index is -0.000000216. The first-order valence-electron chi connectivity index (χ1n) is 26.2. The number of ether oxygens (including phenoxy) is 4. The van der Waals surface area contributed by atoms with Crippen molar-refractivity contribution in [1.82, 2.24) is 0 Å². The first kappa shape index (κ1) is 86.0. The fourth-order valence-electron chi connectivity index (χ4n) is 10.5. The molecule has 5 aliphatic carbocycles. The van der Waals surface area contributed by atoms with Crippen LogP contribution in [0.25, 0.3) is 0 Å². The summed E-state index contributed by atoms with van der Waals surface area (Å²) in [6.07, 6.45) is 14.1. The van der Waals surface area contributed by atoms with Gasteiger partial charge >= 0.3 is 17.9 Å². The molecule has 0 spiro atoms. The second-order valence-electron chi connectivity index (χ2n) is 23.3. The molecule has 4 bridgehead atoms. The SMILES string of the molecule is C.C.C.C.C.C.C.C.CCC(C)(C)C(=O)OC(C)c1cc(I)c(OC)c(I)c1O.CCC(C)(C)C(=O)OC1(C(C)C)C2CC3CC(C2)CC1C3.CCC(C)(C)C(=O)OC1(C(C)C)CCCC1.CCC(C)c1ccc(O)cc1. The highest BCUT2D eigenvalue weighted by Crippen LogP contribution is 2.62. The molecule has 0 saturated heterocycles. The first-order valence-corrected chi connectivity index (χ1v) is 28.4. The second-order valence-corrected chi connectivity index (χ2v) is 25.6. The minimum Gasteiger partial charge on any atom is -0.508 e. The Labute approximate surface area is 504 Å². The van der Waals surface area contributed by atoms with E-state index in [1.165, 1.54) is 50.5 Å². The highest BCUT2D eigenvalue weighted by atomic mass is 127. The number of carbonyl (C=O) groups is 3. The van der Waals surface area contributed by atoms with E-state index in [0.29, 0.717) is 56.6 Å². The fraction of sp³-hybridized carbons (Fsp3) is 0.773. The number of carbonyl (C=O) groups excluding carboxylic acids is 3. The minimum absolute atomic E-state index is 0. The fourth-order valence-corrected chi connectivity index (χ4v) is 12.7. The number of hydrogen-bond donors (Lipinski definition) is 2. The molecule has 77 heavy (non-hydrogen) atoms. The molecule has 7 rings (SSSR count). The summed E-state index contributed by atoms with van der Waals surface area (Å²) in [5, 5.41) is 19.3. The third-order valence-corrected chi connectivity index (χ3v) is 18.7. The number of benzene rings is 2. The molecule has 0 radical (unpaired) electrons. The van der Waals surface area contributed by atoms with E-state index in [4.69, 9.17) is 24.1 Å². The molecule has 2 aromatic rings. The summed E-state index contributed by atoms with van der Waals surface area (Å²) in [6.45, 7) is 32.8. The Morgan fingerprint density at radius 2 is 1.03 bits per heavy atom. The zero-order valence-corrected chi connectivity index (χ0v) is 50.0. The van der Waals surface area contributed by atoms with E-state index >= 15 is 0 Å². The third-order valence-electron chi connectivity index (χ3n) is 16.9. The van der Waals surface area contributed by atoms with Gasteiger partial charge in [-0.05, 0) is 242 Å². The normalized spacial score (nSPS) is 20.9. The summed E-state index contributed by atoms with van der Waals surface area (Å²) >= 11 is 4.16. The van der Waals surface area contributed by atoms with Gasteiger partial charge in [-0.25, -0.2) is 0 Å². The van der Waals surface area contributed by atoms with Crippen LogP contribution in [0, 0.1) is 58.9 Å². The lowest BCUT2D eigenvalue weighted by Crippen LogP contribution is -2.63.